The molecule has 2 aromatic heterocycles. The van der Waals surface area contributed by atoms with Crippen LogP contribution in [0.15, 0.2) is 59.4 Å². The van der Waals surface area contributed by atoms with Crippen molar-refractivity contribution < 1.29 is 4.79 Å². The first kappa shape index (κ1) is 21.1. The van der Waals surface area contributed by atoms with Gasteiger partial charge in [-0.05, 0) is 51.0 Å². The van der Waals surface area contributed by atoms with Crippen molar-refractivity contribution in [3.05, 3.63) is 87.7 Å². The Labute approximate surface area is 192 Å². The second-order valence-electron chi connectivity index (χ2n) is 8.62. The summed E-state index contributed by atoms with van der Waals surface area (Å²) >= 11 is 0. The SMILES string of the molecule is Cc1nn(-c2ccccc2)c(C)c1CNC(=O)CCc1nc2ccccc2c(=O)n1C1CC1. The predicted octanol–water partition coefficient (Wildman–Crippen LogP) is 3.78. The first-order valence-corrected chi connectivity index (χ1v) is 11.4. The molecule has 1 amide bonds. The first-order chi connectivity index (χ1) is 16.0. The van der Waals surface area contributed by atoms with E-state index >= 15 is 0 Å². The minimum absolute atomic E-state index is 0.00177. The molecular weight excluding hydrogens is 414 g/mol. The number of aryl methyl sites for hydroxylation is 2. The van der Waals surface area contributed by atoms with E-state index in [2.05, 4.69) is 10.4 Å². The number of hydrogen-bond acceptors (Lipinski definition) is 4. The van der Waals surface area contributed by atoms with Gasteiger partial charge in [-0.15, -0.1) is 0 Å². The molecular formula is C26H27N5O2. The Morgan fingerprint density at radius 3 is 2.55 bits per heavy atom. The van der Waals surface area contributed by atoms with Crippen LogP contribution in [0, 0.1) is 13.8 Å². The van der Waals surface area contributed by atoms with Gasteiger partial charge in [-0.25, -0.2) is 9.67 Å². The lowest BCUT2D eigenvalue weighted by atomic mass is 10.2. The number of hydrogen-bond donors (Lipinski definition) is 1. The Morgan fingerprint density at radius 2 is 1.79 bits per heavy atom. The Morgan fingerprint density at radius 1 is 1.06 bits per heavy atom. The number of carbonyl (C=O) groups is 1. The molecule has 0 bridgehead atoms. The van der Waals surface area contributed by atoms with Crippen LogP contribution in [0.5, 0.6) is 0 Å². The molecule has 4 aromatic rings. The quantitative estimate of drug-likeness (QED) is 0.473. The van der Waals surface area contributed by atoms with Gasteiger partial charge in [0.15, 0.2) is 0 Å². The summed E-state index contributed by atoms with van der Waals surface area (Å²) in [6.07, 6.45) is 2.69. The molecule has 0 saturated heterocycles. The number of nitrogens with one attached hydrogen (secondary N) is 1. The summed E-state index contributed by atoms with van der Waals surface area (Å²) in [4.78, 5) is 30.4. The van der Waals surface area contributed by atoms with Crippen LogP contribution in [0.2, 0.25) is 0 Å². The van der Waals surface area contributed by atoms with E-state index in [0.717, 1.165) is 35.5 Å². The van der Waals surface area contributed by atoms with Gasteiger partial charge in [0, 0.05) is 36.7 Å². The molecule has 0 atom stereocenters. The maximum Gasteiger partial charge on any atom is 0.261 e. The van der Waals surface area contributed by atoms with Crippen molar-refractivity contribution in [2.75, 3.05) is 0 Å². The van der Waals surface area contributed by atoms with E-state index in [0.29, 0.717) is 29.7 Å². The average molecular weight is 442 g/mol. The molecule has 1 fully saturated rings. The van der Waals surface area contributed by atoms with Crippen LogP contribution in [0.1, 0.15) is 48.1 Å². The fourth-order valence-electron chi connectivity index (χ4n) is 4.33. The van der Waals surface area contributed by atoms with E-state index < -0.39 is 0 Å². The molecule has 1 aliphatic carbocycles. The number of rotatable bonds is 7. The molecule has 33 heavy (non-hydrogen) atoms. The molecule has 168 valence electrons. The highest BCUT2D eigenvalue weighted by Crippen LogP contribution is 2.34. The molecule has 2 aromatic carbocycles. The van der Waals surface area contributed by atoms with Crippen LogP contribution in [0.3, 0.4) is 0 Å². The van der Waals surface area contributed by atoms with Gasteiger partial charge in [0.2, 0.25) is 5.91 Å². The van der Waals surface area contributed by atoms with Crippen molar-refractivity contribution in [3.8, 4) is 5.69 Å². The van der Waals surface area contributed by atoms with Gasteiger partial charge in [0.05, 0.1) is 22.3 Å². The van der Waals surface area contributed by atoms with Gasteiger partial charge >= 0.3 is 0 Å². The van der Waals surface area contributed by atoms with Gasteiger partial charge < -0.3 is 5.32 Å². The summed E-state index contributed by atoms with van der Waals surface area (Å²) in [6.45, 7) is 4.40. The lowest BCUT2D eigenvalue weighted by Crippen LogP contribution is -2.27. The summed E-state index contributed by atoms with van der Waals surface area (Å²) in [5, 5.41) is 8.31. The van der Waals surface area contributed by atoms with Crippen LogP contribution in [-0.4, -0.2) is 25.2 Å². The number of nitrogens with zero attached hydrogens (tertiary/aromatic N) is 4. The normalized spacial score (nSPS) is 13.4. The summed E-state index contributed by atoms with van der Waals surface area (Å²) < 4.78 is 3.71. The summed E-state index contributed by atoms with van der Waals surface area (Å²) in [5.74, 6) is 0.631. The second kappa shape index (κ2) is 8.65. The van der Waals surface area contributed by atoms with Crippen LogP contribution in [0.25, 0.3) is 16.6 Å². The first-order valence-electron chi connectivity index (χ1n) is 11.4. The van der Waals surface area contributed by atoms with Crippen molar-refractivity contribution in [1.29, 1.82) is 0 Å². The fraction of sp³-hybridized carbons (Fsp3) is 0.308. The van der Waals surface area contributed by atoms with Crippen LogP contribution in [-0.2, 0) is 17.8 Å². The van der Waals surface area contributed by atoms with Crippen molar-refractivity contribution in [2.24, 2.45) is 0 Å². The molecule has 0 unspecified atom stereocenters. The number of fused-ring (bicyclic) bond motifs is 1. The van der Waals surface area contributed by atoms with Crippen molar-refractivity contribution in [2.45, 2.75) is 52.1 Å². The second-order valence-corrected chi connectivity index (χ2v) is 8.62. The molecule has 1 N–H and O–H groups in total. The van der Waals surface area contributed by atoms with Crippen LogP contribution in [0.4, 0.5) is 0 Å². The highest BCUT2D eigenvalue weighted by molar-refractivity contribution is 5.78. The Kier molecular flexibility index (Phi) is 5.54. The monoisotopic (exact) mass is 441 g/mol. The van der Waals surface area contributed by atoms with Gasteiger partial charge in [0.25, 0.3) is 5.56 Å². The summed E-state index contributed by atoms with van der Waals surface area (Å²) in [6, 6.07) is 17.6. The number of carbonyl (C=O) groups excluding carboxylic acids is 1. The molecule has 5 rings (SSSR count). The smallest absolute Gasteiger partial charge is 0.261 e. The topological polar surface area (TPSA) is 81.8 Å². The van der Waals surface area contributed by atoms with Gasteiger partial charge in [-0.2, -0.15) is 5.10 Å². The lowest BCUT2D eigenvalue weighted by molar-refractivity contribution is -0.121. The Hall–Kier alpha value is -3.74. The molecule has 2 heterocycles. The van der Waals surface area contributed by atoms with E-state index in [1.54, 1.807) is 4.57 Å². The molecule has 0 aliphatic heterocycles. The molecule has 0 radical (unpaired) electrons. The van der Waals surface area contributed by atoms with E-state index in [1.807, 2.05) is 73.1 Å². The van der Waals surface area contributed by atoms with E-state index in [-0.39, 0.29) is 23.9 Å². The third kappa shape index (κ3) is 4.18. The fourth-order valence-corrected chi connectivity index (χ4v) is 4.33. The lowest BCUT2D eigenvalue weighted by Gasteiger charge is -2.13. The van der Waals surface area contributed by atoms with Crippen molar-refractivity contribution in [1.82, 2.24) is 24.6 Å². The van der Waals surface area contributed by atoms with E-state index in [1.165, 1.54) is 0 Å². The highest BCUT2D eigenvalue weighted by Gasteiger charge is 2.28. The number of aromatic nitrogens is 4. The third-order valence-corrected chi connectivity index (χ3v) is 6.27. The van der Waals surface area contributed by atoms with E-state index in [9.17, 15) is 9.59 Å². The molecule has 0 spiro atoms. The Bertz CT molecular complexity index is 1380. The minimum Gasteiger partial charge on any atom is -0.352 e. The maximum absolute atomic E-state index is 13.0. The molecule has 7 nitrogen and oxygen atoms in total. The number of amides is 1. The average Bonchev–Trinajstić information content (AvgIpc) is 3.62. The van der Waals surface area contributed by atoms with Gasteiger partial charge in [-0.1, -0.05) is 30.3 Å². The standard InChI is InChI=1S/C26H27N5O2/c1-17-22(18(2)31(29-17)20-8-4-3-5-9-20)16-27-25(32)15-14-24-28-23-11-7-6-10-21(23)26(33)30(24)19-12-13-19/h3-11,19H,12-16H2,1-2H3,(H,27,32). The molecule has 7 heteroatoms. The molecule has 1 saturated carbocycles. The summed E-state index contributed by atoms with van der Waals surface area (Å²) in [5.41, 5.74) is 4.61. The van der Waals surface area contributed by atoms with Crippen LogP contribution < -0.4 is 10.9 Å². The maximum atomic E-state index is 13.0. The predicted molar refractivity (Wildman–Crippen MR) is 127 cm³/mol. The largest absolute Gasteiger partial charge is 0.352 e. The summed E-state index contributed by atoms with van der Waals surface area (Å²) in [7, 11) is 0. The molecule has 1 aliphatic rings. The number of benzene rings is 2. The van der Waals surface area contributed by atoms with Crippen molar-refractivity contribution >= 4 is 16.8 Å². The van der Waals surface area contributed by atoms with Crippen molar-refractivity contribution in [3.63, 3.8) is 0 Å². The Balaban J connectivity index is 1.29. The highest BCUT2D eigenvalue weighted by atomic mass is 16.1. The zero-order chi connectivity index (χ0) is 22.9. The van der Waals surface area contributed by atoms with Crippen LogP contribution >= 0.6 is 0 Å². The van der Waals surface area contributed by atoms with Gasteiger partial charge in [-0.3, -0.25) is 14.2 Å². The zero-order valence-electron chi connectivity index (χ0n) is 18.9. The third-order valence-electron chi connectivity index (χ3n) is 6.27. The zero-order valence-corrected chi connectivity index (χ0v) is 18.9. The van der Waals surface area contributed by atoms with E-state index in [4.69, 9.17) is 4.98 Å². The minimum atomic E-state index is -0.0639. The number of para-hydroxylation sites is 2. The van der Waals surface area contributed by atoms with Gasteiger partial charge in [0.1, 0.15) is 5.82 Å².